The lowest BCUT2D eigenvalue weighted by Crippen LogP contribution is -2.33. The van der Waals surface area contributed by atoms with Crippen molar-refractivity contribution in [3.63, 3.8) is 0 Å². The van der Waals surface area contributed by atoms with E-state index in [0.29, 0.717) is 18.4 Å². The van der Waals surface area contributed by atoms with Crippen molar-refractivity contribution in [1.82, 2.24) is 5.32 Å². The molecule has 0 heterocycles. The summed E-state index contributed by atoms with van der Waals surface area (Å²) < 4.78 is 0. The number of nitriles is 1. The minimum absolute atomic E-state index is 0.0566. The van der Waals surface area contributed by atoms with E-state index in [0.717, 1.165) is 27.9 Å². The standard InChI is InChI=1S/C21H23N3O2/c1-14-10-15(2)21(16(3)11-14)24-20(26)13-23-19(25)9-8-17-4-6-18(12-22)7-5-17/h4-7,10-11H,8-9,13H2,1-3H3,(H,23,25)(H,24,26). The molecule has 0 aliphatic rings. The highest BCUT2D eigenvalue weighted by molar-refractivity contribution is 5.95. The van der Waals surface area contributed by atoms with Crippen LogP contribution in [0.3, 0.4) is 0 Å². The van der Waals surface area contributed by atoms with Crippen molar-refractivity contribution in [2.45, 2.75) is 33.6 Å². The molecule has 2 aromatic carbocycles. The second-order valence-electron chi connectivity index (χ2n) is 6.41. The maximum Gasteiger partial charge on any atom is 0.243 e. The van der Waals surface area contributed by atoms with Crippen molar-refractivity contribution in [3.05, 3.63) is 64.2 Å². The van der Waals surface area contributed by atoms with Crippen molar-refractivity contribution < 1.29 is 9.59 Å². The predicted octanol–water partition coefficient (Wildman–Crippen LogP) is 3.17. The Morgan fingerprint density at radius 2 is 1.62 bits per heavy atom. The first-order valence-corrected chi connectivity index (χ1v) is 8.52. The van der Waals surface area contributed by atoms with E-state index in [-0.39, 0.29) is 18.4 Å². The van der Waals surface area contributed by atoms with Crippen molar-refractivity contribution in [2.75, 3.05) is 11.9 Å². The van der Waals surface area contributed by atoms with Gasteiger partial charge < -0.3 is 10.6 Å². The number of aryl methyl sites for hydroxylation is 4. The van der Waals surface area contributed by atoms with E-state index in [9.17, 15) is 9.59 Å². The normalized spacial score (nSPS) is 10.1. The summed E-state index contributed by atoms with van der Waals surface area (Å²) in [6, 6.07) is 13.2. The molecule has 0 bridgehead atoms. The van der Waals surface area contributed by atoms with Gasteiger partial charge in [-0.2, -0.15) is 5.26 Å². The average molecular weight is 349 g/mol. The van der Waals surface area contributed by atoms with Crippen LogP contribution in [0.4, 0.5) is 5.69 Å². The third kappa shape index (κ3) is 5.45. The van der Waals surface area contributed by atoms with Crippen LogP contribution in [0.15, 0.2) is 36.4 Å². The fraction of sp³-hybridized carbons (Fsp3) is 0.286. The lowest BCUT2D eigenvalue weighted by atomic mass is 10.1. The molecule has 0 aliphatic carbocycles. The predicted molar refractivity (Wildman–Crippen MR) is 102 cm³/mol. The van der Waals surface area contributed by atoms with E-state index in [2.05, 4.69) is 16.7 Å². The molecule has 0 saturated carbocycles. The third-order valence-electron chi connectivity index (χ3n) is 4.11. The molecule has 2 aromatic rings. The quantitative estimate of drug-likeness (QED) is 0.840. The maximum absolute atomic E-state index is 12.1. The van der Waals surface area contributed by atoms with Crippen LogP contribution in [0.2, 0.25) is 0 Å². The highest BCUT2D eigenvalue weighted by atomic mass is 16.2. The summed E-state index contributed by atoms with van der Waals surface area (Å²) >= 11 is 0. The molecular formula is C21H23N3O2. The smallest absolute Gasteiger partial charge is 0.243 e. The average Bonchev–Trinajstić information content (AvgIpc) is 2.61. The van der Waals surface area contributed by atoms with Gasteiger partial charge in [0.1, 0.15) is 0 Å². The molecule has 0 atom stereocenters. The van der Waals surface area contributed by atoms with Gasteiger partial charge in [-0.25, -0.2) is 0 Å². The van der Waals surface area contributed by atoms with Crippen LogP contribution in [0.5, 0.6) is 0 Å². The van der Waals surface area contributed by atoms with Gasteiger partial charge in [0.15, 0.2) is 0 Å². The van der Waals surface area contributed by atoms with Crippen LogP contribution in [0.1, 0.15) is 34.2 Å². The van der Waals surface area contributed by atoms with Gasteiger partial charge in [-0.05, 0) is 56.0 Å². The largest absolute Gasteiger partial charge is 0.347 e. The molecule has 5 heteroatoms. The van der Waals surface area contributed by atoms with Crippen molar-refractivity contribution in [2.24, 2.45) is 0 Å². The lowest BCUT2D eigenvalue weighted by Gasteiger charge is -2.13. The molecule has 0 unspecified atom stereocenters. The van der Waals surface area contributed by atoms with Gasteiger partial charge in [0.25, 0.3) is 0 Å². The Hall–Kier alpha value is -3.13. The number of benzene rings is 2. The lowest BCUT2D eigenvalue weighted by molar-refractivity contribution is -0.124. The molecule has 2 amide bonds. The molecule has 2 rings (SSSR count). The number of anilines is 1. The summed E-state index contributed by atoms with van der Waals surface area (Å²) in [7, 11) is 0. The van der Waals surface area contributed by atoms with Gasteiger partial charge in [0.2, 0.25) is 11.8 Å². The van der Waals surface area contributed by atoms with Crippen LogP contribution in [-0.4, -0.2) is 18.4 Å². The third-order valence-corrected chi connectivity index (χ3v) is 4.11. The minimum atomic E-state index is -0.244. The summed E-state index contributed by atoms with van der Waals surface area (Å²) in [5, 5.41) is 14.3. The van der Waals surface area contributed by atoms with Crippen LogP contribution in [0, 0.1) is 32.1 Å². The van der Waals surface area contributed by atoms with E-state index in [1.54, 1.807) is 12.1 Å². The van der Waals surface area contributed by atoms with Gasteiger partial charge >= 0.3 is 0 Å². The maximum atomic E-state index is 12.1. The molecule has 5 nitrogen and oxygen atoms in total. The zero-order chi connectivity index (χ0) is 19.1. The van der Waals surface area contributed by atoms with Gasteiger partial charge in [-0.15, -0.1) is 0 Å². The second kappa shape index (κ2) is 8.82. The Bertz CT molecular complexity index is 826. The summed E-state index contributed by atoms with van der Waals surface area (Å²) in [5.74, 6) is -0.423. The highest BCUT2D eigenvalue weighted by Gasteiger charge is 2.10. The Morgan fingerprint density at radius 3 is 2.19 bits per heavy atom. The number of hydrogen-bond acceptors (Lipinski definition) is 3. The van der Waals surface area contributed by atoms with E-state index >= 15 is 0 Å². The monoisotopic (exact) mass is 349 g/mol. The van der Waals surface area contributed by atoms with E-state index in [4.69, 9.17) is 5.26 Å². The zero-order valence-corrected chi connectivity index (χ0v) is 15.3. The Balaban J connectivity index is 1.80. The molecule has 0 saturated heterocycles. The molecular weight excluding hydrogens is 326 g/mol. The number of amides is 2. The molecule has 0 fully saturated rings. The van der Waals surface area contributed by atoms with Crippen LogP contribution < -0.4 is 10.6 Å². The summed E-state index contributed by atoms with van der Waals surface area (Å²) in [5.41, 5.74) is 5.53. The SMILES string of the molecule is Cc1cc(C)c(NC(=O)CNC(=O)CCc2ccc(C#N)cc2)c(C)c1. The van der Waals surface area contributed by atoms with Crippen molar-refractivity contribution in [3.8, 4) is 6.07 Å². The van der Waals surface area contributed by atoms with Crippen LogP contribution >= 0.6 is 0 Å². The number of nitrogens with one attached hydrogen (secondary N) is 2. The zero-order valence-electron chi connectivity index (χ0n) is 15.3. The summed E-state index contributed by atoms with van der Waals surface area (Å²) in [6.45, 7) is 5.86. The first-order valence-electron chi connectivity index (χ1n) is 8.52. The van der Waals surface area contributed by atoms with Gasteiger partial charge in [-0.3, -0.25) is 9.59 Å². The fourth-order valence-electron chi connectivity index (χ4n) is 2.83. The fourth-order valence-corrected chi connectivity index (χ4v) is 2.83. The van der Waals surface area contributed by atoms with Crippen molar-refractivity contribution in [1.29, 1.82) is 5.26 Å². The van der Waals surface area contributed by atoms with Gasteiger partial charge in [0, 0.05) is 12.1 Å². The van der Waals surface area contributed by atoms with Crippen LogP contribution in [-0.2, 0) is 16.0 Å². The van der Waals surface area contributed by atoms with Gasteiger partial charge in [0.05, 0.1) is 18.2 Å². The van der Waals surface area contributed by atoms with E-state index in [1.807, 2.05) is 45.0 Å². The topological polar surface area (TPSA) is 82.0 Å². The Labute approximate surface area is 154 Å². The van der Waals surface area contributed by atoms with Gasteiger partial charge in [-0.1, -0.05) is 29.8 Å². The number of carbonyl (C=O) groups excluding carboxylic acids is 2. The number of rotatable bonds is 6. The number of carbonyl (C=O) groups is 2. The van der Waals surface area contributed by atoms with Crippen LogP contribution in [0.25, 0.3) is 0 Å². The van der Waals surface area contributed by atoms with Crippen molar-refractivity contribution >= 4 is 17.5 Å². The minimum Gasteiger partial charge on any atom is -0.347 e. The first kappa shape index (κ1) is 19.2. The second-order valence-corrected chi connectivity index (χ2v) is 6.41. The molecule has 0 spiro atoms. The molecule has 2 N–H and O–H groups in total. The summed E-state index contributed by atoms with van der Waals surface area (Å²) in [4.78, 5) is 24.0. The number of nitrogens with zero attached hydrogens (tertiary/aromatic N) is 1. The molecule has 0 aromatic heterocycles. The number of hydrogen-bond donors (Lipinski definition) is 2. The molecule has 0 radical (unpaired) electrons. The van der Waals surface area contributed by atoms with E-state index < -0.39 is 0 Å². The first-order chi connectivity index (χ1) is 12.4. The Kier molecular flexibility index (Phi) is 6.51. The molecule has 134 valence electrons. The Morgan fingerprint density at radius 1 is 1.00 bits per heavy atom. The summed E-state index contributed by atoms with van der Waals surface area (Å²) in [6.07, 6.45) is 0.858. The van der Waals surface area contributed by atoms with E-state index in [1.165, 1.54) is 0 Å². The highest BCUT2D eigenvalue weighted by Crippen LogP contribution is 2.21. The molecule has 26 heavy (non-hydrogen) atoms. The molecule has 0 aliphatic heterocycles.